The molecule has 0 fully saturated rings. The number of sulfone groups is 1. The normalized spacial score (nSPS) is 16.6. The molecule has 0 spiro atoms. The molecule has 0 radical (unpaired) electrons. The first kappa shape index (κ1) is 10.2. The summed E-state index contributed by atoms with van der Waals surface area (Å²) < 4.78 is 27.7. The molecule has 1 aliphatic rings. The molecule has 2 heterocycles. The molecule has 1 aromatic heterocycles. The van der Waals surface area contributed by atoms with Crippen LogP contribution in [0.2, 0.25) is 5.02 Å². The Morgan fingerprint density at radius 2 is 2.19 bits per heavy atom. The van der Waals surface area contributed by atoms with Crippen LogP contribution in [0.4, 0.5) is 0 Å². The Morgan fingerprint density at radius 1 is 1.38 bits per heavy atom. The molecule has 0 bridgehead atoms. The van der Waals surface area contributed by atoms with Crippen LogP contribution in [0.1, 0.15) is 4.88 Å². The fraction of sp³-hybridized carbons (Fsp3) is 0.111. The minimum absolute atomic E-state index is 0.0192. The van der Waals surface area contributed by atoms with Crippen molar-refractivity contribution < 1.29 is 8.42 Å². The van der Waals surface area contributed by atoms with Gasteiger partial charge in [-0.2, -0.15) is 0 Å². The van der Waals surface area contributed by atoms with Gasteiger partial charge < -0.3 is 0 Å². The molecule has 1 aliphatic heterocycles. The highest BCUT2D eigenvalue weighted by Gasteiger charge is 2.30. The van der Waals surface area contributed by atoms with Crippen molar-refractivity contribution in [3.63, 3.8) is 0 Å². The molecule has 0 amide bonds. The highest BCUT2D eigenvalue weighted by atomic mass is 35.5. The van der Waals surface area contributed by atoms with Crippen LogP contribution >= 0.6 is 23.1 Å². The molecule has 16 heavy (non-hydrogen) atoms. The van der Waals surface area contributed by atoms with Crippen molar-refractivity contribution in [2.75, 3.05) is 0 Å². The molecule has 0 saturated carbocycles. The number of hydrogen-bond acceptors (Lipinski definition) is 5. The molecule has 7 heteroatoms. The standard InChI is InChI=1S/C9H5ClN2O2S2/c10-5-1-2-8-6(3-5)9-7(15-12-11-9)4-16(8,13)14/h1-3H,4H2. The molecule has 0 saturated heterocycles. The number of nitrogens with zero attached hydrogens (tertiary/aromatic N) is 2. The number of fused-ring (bicyclic) bond motifs is 3. The van der Waals surface area contributed by atoms with Crippen molar-refractivity contribution >= 4 is 33.0 Å². The van der Waals surface area contributed by atoms with E-state index in [1.54, 1.807) is 12.1 Å². The van der Waals surface area contributed by atoms with Gasteiger partial charge in [0.05, 0.1) is 15.5 Å². The Morgan fingerprint density at radius 3 is 3.00 bits per heavy atom. The van der Waals surface area contributed by atoms with Gasteiger partial charge in [-0.3, -0.25) is 0 Å². The molecule has 2 aromatic rings. The smallest absolute Gasteiger partial charge is 0.184 e. The summed E-state index contributed by atoms with van der Waals surface area (Å²) in [6.07, 6.45) is 0. The lowest BCUT2D eigenvalue weighted by molar-refractivity contribution is 0.595. The third kappa shape index (κ3) is 1.37. The van der Waals surface area contributed by atoms with Gasteiger partial charge in [0.25, 0.3) is 0 Å². The van der Waals surface area contributed by atoms with Crippen molar-refractivity contribution in [2.24, 2.45) is 0 Å². The van der Waals surface area contributed by atoms with Crippen molar-refractivity contribution in [3.05, 3.63) is 28.1 Å². The SMILES string of the molecule is O=S1(=O)Cc2snnc2-c2cc(Cl)ccc21. The van der Waals surface area contributed by atoms with Crippen molar-refractivity contribution in [3.8, 4) is 11.3 Å². The van der Waals surface area contributed by atoms with E-state index in [2.05, 4.69) is 9.59 Å². The van der Waals surface area contributed by atoms with E-state index < -0.39 is 9.84 Å². The maximum atomic E-state index is 12.0. The van der Waals surface area contributed by atoms with E-state index in [0.717, 1.165) is 11.5 Å². The fourth-order valence-electron chi connectivity index (χ4n) is 1.72. The molecule has 3 rings (SSSR count). The Balaban J connectivity index is 2.43. The Labute approximate surface area is 101 Å². The van der Waals surface area contributed by atoms with E-state index in [4.69, 9.17) is 11.6 Å². The van der Waals surface area contributed by atoms with Gasteiger partial charge in [-0.05, 0) is 29.7 Å². The summed E-state index contributed by atoms with van der Waals surface area (Å²) in [6, 6.07) is 4.71. The maximum absolute atomic E-state index is 12.0. The van der Waals surface area contributed by atoms with Gasteiger partial charge >= 0.3 is 0 Å². The van der Waals surface area contributed by atoms with E-state index in [0.29, 0.717) is 21.2 Å². The number of aromatic nitrogens is 2. The lowest BCUT2D eigenvalue weighted by Crippen LogP contribution is -2.11. The minimum atomic E-state index is -3.27. The third-order valence-electron chi connectivity index (χ3n) is 2.41. The second kappa shape index (κ2) is 3.26. The average Bonchev–Trinajstić information content (AvgIpc) is 2.64. The summed E-state index contributed by atoms with van der Waals surface area (Å²) in [6.45, 7) is 0. The van der Waals surface area contributed by atoms with Gasteiger partial charge in [-0.15, -0.1) is 5.10 Å². The van der Waals surface area contributed by atoms with Crippen LogP contribution in [0.5, 0.6) is 0 Å². The molecule has 4 nitrogen and oxygen atoms in total. The van der Waals surface area contributed by atoms with Crippen LogP contribution in [0.15, 0.2) is 23.1 Å². The zero-order chi connectivity index (χ0) is 11.3. The maximum Gasteiger partial charge on any atom is 0.184 e. The summed E-state index contributed by atoms with van der Waals surface area (Å²) >= 11 is 6.98. The summed E-state index contributed by atoms with van der Waals surface area (Å²) in [5.41, 5.74) is 1.19. The summed E-state index contributed by atoms with van der Waals surface area (Å²) in [5, 5.41) is 4.45. The van der Waals surface area contributed by atoms with Gasteiger partial charge in [0.2, 0.25) is 0 Å². The van der Waals surface area contributed by atoms with Crippen molar-refractivity contribution in [1.29, 1.82) is 0 Å². The van der Waals surface area contributed by atoms with Crippen LogP contribution < -0.4 is 0 Å². The second-order valence-corrected chi connectivity index (χ2v) is 6.68. The van der Waals surface area contributed by atoms with Crippen LogP contribution in [0.3, 0.4) is 0 Å². The monoisotopic (exact) mass is 272 g/mol. The number of halogens is 1. The van der Waals surface area contributed by atoms with Gasteiger partial charge in [0.15, 0.2) is 9.84 Å². The van der Waals surface area contributed by atoms with Gasteiger partial charge in [-0.1, -0.05) is 16.1 Å². The Hall–Kier alpha value is -0.980. The molecule has 1 aromatic carbocycles. The first-order chi connectivity index (χ1) is 7.58. The highest BCUT2D eigenvalue weighted by molar-refractivity contribution is 7.91. The van der Waals surface area contributed by atoms with Crippen molar-refractivity contribution in [1.82, 2.24) is 9.59 Å². The van der Waals surface area contributed by atoms with Crippen LogP contribution in [-0.4, -0.2) is 18.0 Å². The molecule has 0 unspecified atom stereocenters. The predicted molar refractivity (Wildman–Crippen MR) is 61.2 cm³/mol. The highest BCUT2D eigenvalue weighted by Crippen LogP contribution is 2.38. The van der Waals surface area contributed by atoms with Gasteiger partial charge in [0.1, 0.15) is 5.69 Å². The Kier molecular flexibility index (Phi) is 2.07. The molecule has 0 atom stereocenters. The summed E-state index contributed by atoms with van der Waals surface area (Å²) in [5.74, 6) is -0.0192. The summed E-state index contributed by atoms with van der Waals surface area (Å²) in [7, 11) is -3.27. The average molecular weight is 273 g/mol. The first-order valence-electron chi connectivity index (χ1n) is 4.42. The molecule has 82 valence electrons. The quantitative estimate of drug-likeness (QED) is 0.737. The number of rotatable bonds is 0. The topological polar surface area (TPSA) is 59.9 Å². The number of benzene rings is 1. The zero-order valence-corrected chi connectivity index (χ0v) is 10.2. The van der Waals surface area contributed by atoms with Crippen LogP contribution in [-0.2, 0) is 15.6 Å². The van der Waals surface area contributed by atoms with Gasteiger partial charge in [-0.25, -0.2) is 8.42 Å². The summed E-state index contributed by atoms with van der Waals surface area (Å²) in [4.78, 5) is 0.965. The lowest BCUT2D eigenvalue weighted by atomic mass is 10.1. The van der Waals surface area contributed by atoms with E-state index in [1.165, 1.54) is 6.07 Å². The third-order valence-corrected chi connectivity index (χ3v) is 5.24. The lowest BCUT2D eigenvalue weighted by Gasteiger charge is -2.14. The Bertz CT molecular complexity index is 679. The minimum Gasteiger partial charge on any atom is -0.223 e. The fourth-order valence-corrected chi connectivity index (χ4v) is 4.43. The van der Waals surface area contributed by atoms with Crippen LogP contribution in [0, 0.1) is 0 Å². The second-order valence-electron chi connectivity index (χ2n) is 3.44. The van der Waals surface area contributed by atoms with Gasteiger partial charge in [0, 0.05) is 10.6 Å². The molecule has 0 N–H and O–H groups in total. The van der Waals surface area contributed by atoms with E-state index in [-0.39, 0.29) is 10.6 Å². The van der Waals surface area contributed by atoms with Crippen LogP contribution in [0.25, 0.3) is 11.3 Å². The van der Waals surface area contributed by atoms with E-state index >= 15 is 0 Å². The molecular weight excluding hydrogens is 268 g/mol. The largest absolute Gasteiger partial charge is 0.223 e. The van der Waals surface area contributed by atoms with Crippen molar-refractivity contribution in [2.45, 2.75) is 10.6 Å². The predicted octanol–water partition coefficient (Wildman–Crippen LogP) is 2.15. The zero-order valence-electron chi connectivity index (χ0n) is 7.84. The number of hydrogen-bond donors (Lipinski definition) is 0. The van der Waals surface area contributed by atoms with E-state index in [9.17, 15) is 8.42 Å². The van der Waals surface area contributed by atoms with E-state index in [1.807, 2.05) is 0 Å². The molecular formula is C9H5ClN2O2S2. The molecule has 0 aliphatic carbocycles. The first-order valence-corrected chi connectivity index (χ1v) is 7.22.